The van der Waals surface area contributed by atoms with Crippen LogP contribution in [0.4, 0.5) is 4.79 Å². The molecule has 0 saturated carbocycles. The van der Waals surface area contributed by atoms with E-state index in [4.69, 9.17) is 0 Å². The zero-order valence-corrected chi connectivity index (χ0v) is 28.0. The van der Waals surface area contributed by atoms with Crippen LogP contribution in [0.3, 0.4) is 0 Å². The van der Waals surface area contributed by atoms with Crippen LogP contribution in [0.5, 0.6) is 0 Å². The Hall–Kier alpha value is -2.59. The zero-order valence-electron chi connectivity index (χ0n) is 27.1. The Bertz CT molecular complexity index is 1030. The Labute approximate surface area is 274 Å². The summed E-state index contributed by atoms with van der Waals surface area (Å²) in [5, 5.41) is 22.5. The molecule has 0 aromatic rings. The van der Waals surface area contributed by atoms with Crippen molar-refractivity contribution in [3.05, 3.63) is 36.5 Å². The van der Waals surface area contributed by atoms with E-state index in [9.17, 15) is 24.3 Å². The monoisotopic (exact) mass is 644 g/mol. The van der Waals surface area contributed by atoms with Crippen molar-refractivity contribution in [1.82, 2.24) is 21.3 Å². The summed E-state index contributed by atoms with van der Waals surface area (Å²) in [6, 6.07) is 0.422. The number of urea groups is 1. The molecule has 0 spiro atoms. The molecular formula is C35H56N4O5S. The maximum absolute atomic E-state index is 12.3. The van der Waals surface area contributed by atoms with Crippen LogP contribution in [0.2, 0.25) is 0 Å². The van der Waals surface area contributed by atoms with Gasteiger partial charge in [-0.05, 0) is 63.9 Å². The largest absolute Gasteiger partial charge is 0.389 e. The summed E-state index contributed by atoms with van der Waals surface area (Å²) in [4.78, 5) is 48.0. The van der Waals surface area contributed by atoms with E-state index in [1.807, 2.05) is 36.1 Å². The first kappa shape index (κ1) is 36.9. The minimum atomic E-state index is -0.449. The number of hydrogen-bond acceptors (Lipinski definition) is 6. The predicted octanol–water partition coefficient (Wildman–Crippen LogP) is 5.10. The van der Waals surface area contributed by atoms with Gasteiger partial charge in [-0.15, -0.1) is 0 Å². The van der Waals surface area contributed by atoms with E-state index in [0.29, 0.717) is 37.6 Å². The number of carbonyl (C=O) groups excluding carboxylic acids is 4. The van der Waals surface area contributed by atoms with Gasteiger partial charge >= 0.3 is 6.03 Å². The molecule has 1 unspecified atom stereocenters. The molecule has 10 heteroatoms. The summed E-state index contributed by atoms with van der Waals surface area (Å²) < 4.78 is 0. The molecule has 0 aromatic carbocycles. The van der Waals surface area contributed by atoms with Gasteiger partial charge in [0.25, 0.3) is 0 Å². The fourth-order valence-corrected chi connectivity index (χ4v) is 7.70. The zero-order chi connectivity index (χ0) is 32.3. The van der Waals surface area contributed by atoms with Crippen LogP contribution in [-0.4, -0.2) is 71.0 Å². The quantitative estimate of drug-likeness (QED) is 0.0597. The van der Waals surface area contributed by atoms with Gasteiger partial charge in [0, 0.05) is 48.8 Å². The Morgan fingerprint density at radius 2 is 1.73 bits per heavy atom. The van der Waals surface area contributed by atoms with Gasteiger partial charge < -0.3 is 26.4 Å². The lowest BCUT2D eigenvalue weighted by Crippen LogP contribution is -2.36. The van der Waals surface area contributed by atoms with Crippen molar-refractivity contribution in [2.45, 2.75) is 127 Å². The number of unbranched alkanes of at least 4 members (excludes halogenated alkanes) is 6. The molecule has 0 aromatic heterocycles. The highest BCUT2D eigenvalue weighted by molar-refractivity contribution is 8.00. The van der Waals surface area contributed by atoms with Gasteiger partial charge in [0.2, 0.25) is 11.8 Å². The second kappa shape index (κ2) is 21.3. The van der Waals surface area contributed by atoms with Crippen LogP contribution in [0, 0.1) is 11.8 Å². The van der Waals surface area contributed by atoms with Crippen LogP contribution in [0.25, 0.3) is 0 Å². The first-order valence-corrected chi connectivity index (χ1v) is 18.4. The first-order valence-electron chi connectivity index (χ1n) is 17.3. The molecule has 252 valence electrons. The van der Waals surface area contributed by atoms with E-state index < -0.39 is 6.10 Å². The SMILES string of the molecule is CCCCC[C@H](O)/C=C/[C@H]1C=CC(=O)[C@@H]1C/C=C\CCCC(=O)NCCCCCNC(=O)CCCCC1SC[C@@H]2NC(=O)N[C@H]12. The second-order valence-electron chi connectivity index (χ2n) is 12.6. The van der Waals surface area contributed by atoms with Crippen molar-refractivity contribution in [2.24, 2.45) is 11.8 Å². The number of allylic oxidation sites excluding steroid dienone is 5. The van der Waals surface area contributed by atoms with E-state index in [2.05, 4.69) is 34.3 Å². The minimum absolute atomic E-state index is 0.0344. The summed E-state index contributed by atoms with van der Waals surface area (Å²) in [6.07, 6.45) is 24.0. The summed E-state index contributed by atoms with van der Waals surface area (Å²) in [5.41, 5.74) is 0. The van der Waals surface area contributed by atoms with E-state index in [1.165, 1.54) is 0 Å². The smallest absolute Gasteiger partial charge is 0.315 e. The number of amides is 4. The highest BCUT2D eigenvalue weighted by atomic mass is 32.2. The van der Waals surface area contributed by atoms with Crippen molar-refractivity contribution < 1.29 is 24.3 Å². The summed E-state index contributed by atoms with van der Waals surface area (Å²) in [5.74, 6) is 1.19. The van der Waals surface area contributed by atoms with Gasteiger partial charge in [-0.1, -0.05) is 63.0 Å². The highest BCUT2D eigenvalue weighted by Gasteiger charge is 2.42. The standard InChI is InChI=1S/C35H56N4O5S/c1-2-3-7-14-27(40)21-19-26-20-22-30(41)28(26)15-8-4-5-9-17-32(42)36-23-12-6-13-24-37-33(43)18-11-10-16-31-34-29(25-45-31)38-35(44)39-34/h4,8,19-22,26-29,31,34,40H,2-3,5-7,9-18,23-25H2,1H3,(H,36,42)(H,37,43)(H2,38,39,44)/b8-4-,21-19+/t26-,27-,28+,29-,31?,34-/m0/s1. The number of fused-ring (bicyclic) bond motifs is 1. The van der Waals surface area contributed by atoms with Gasteiger partial charge in [-0.2, -0.15) is 11.8 Å². The van der Waals surface area contributed by atoms with Gasteiger partial charge in [-0.25, -0.2) is 4.79 Å². The molecule has 6 atom stereocenters. The van der Waals surface area contributed by atoms with Crippen molar-refractivity contribution >= 4 is 35.4 Å². The molecule has 1 aliphatic carbocycles. The average molecular weight is 645 g/mol. The number of ketones is 1. The van der Waals surface area contributed by atoms with Crippen molar-refractivity contribution in [1.29, 1.82) is 0 Å². The number of nitrogens with one attached hydrogen (secondary N) is 4. The van der Waals surface area contributed by atoms with Gasteiger partial charge in [0.1, 0.15) is 0 Å². The van der Waals surface area contributed by atoms with Gasteiger partial charge in [0.05, 0.1) is 18.2 Å². The van der Waals surface area contributed by atoms with Gasteiger partial charge in [-0.3, -0.25) is 14.4 Å². The van der Waals surface area contributed by atoms with E-state index in [1.54, 1.807) is 6.08 Å². The van der Waals surface area contributed by atoms with Crippen LogP contribution >= 0.6 is 11.8 Å². The molecular weight excluding hydrogens is 588 g/mol. The topological polar surface area (TPSA) is 137 Å². The average Bonchev–Trinajstić information content (AvgIpc) is 3.69. The molecule has 0 bridgehead atoms. The summed E-state index contributed by atoms with van der Waals surface area (Å²) >= 11 is 1.91. The van der Waals surface area contributed by atoms with Crippen LogP contribution < -0.4 is 21.3 Å². The molecule has 3 aliphatic rings. The van der Waals surface area contributed by atoms with Crippen LogP contribution in [0.1, 0.15) is 103 Å². The predicted molar refractivity (Wildman–Crippen MR) is 182 cm³/mol. The lowest BCUT2D eigenvalue weighted by atomic mass is 9.90. The Morgan fingerprint density at radius 1 is 0.978 bits per heavy atom. The lowest BCUT2D eigenvalue weighted by molar-refractivity contribution is -0.121. The number of aliphatic hydroxyl groups is 1. The molecule has 4 amide bonds. The molecule has 0 radical (unpaired) electrons. The summed E-state index contributed by atoms with van der Waals surface area (Å²) in [6.45, 7) is 3.46. The number of carbonyl (C=O) groups is 4. The Morgan fingerprint density at radius 3 is 2.49 bits per heavy atom. The maximum atomic E-state index is 12.3. The molecule has 2 heterocycles. The lowest BCUT2D eigenvalue weighted by Gasteiger charge is -2.16. The fraction of sp³-hybridized carbons (Fsp3) is 0.714. The Balaban J connectivity index is 1.11. The number of rotatable bonds is 23. The third kappa shape index (κ3) is 14.2. The number of hydrogen-bond donors (Lipinski definition) is 5. The molecule has 2 fully saturated rings. The van der Waals surface area contributed by atoms with E-state index in [-0.39, 0.29) is 47.5 Å². The van der Waals surface area contributed by atoms with Crippen LogP contribution in [0.15, 0.2) is 36.5 Å². The third-order valence-corrected chi connectivity index (χ3v) is 10.4. The third-order valence-electron chi connectivity index (χ3n) is 8.88. The van der Waals surface area contributed by atoms with Crippen molar-refractivity contribution in [3.8, 4) is 0 Å². The van der Waals surface area contributed by atoms with E-state index >= 15 is 0 Å². The fourth-order valence-electron chi connectivity index (χ4n) is 6.16. The molecule has 9 nitrogen and oxygen atoms in total. The minimum Gasteiger partial charge on any atom is -0.389 e. The Kier molecular flexibility index (Phi) is 17.4. The normalized spacial score (nSPS) is 24.7. The maximum Gasteiger partial charge on any atom is 0.315 e. The molecule has 45 heavy (non-hydrogen) atoms. The number of thioether (sulfide) groups is 1. The van der Waals surface area contributed by atoms with Crippen molar-refractivity contribution in [2.75, 3.05) is 18.8 Å². The second-order valence-corrected chi connectivity index (χ2v) is 13.9. The highest BCUT2D eigenvalue weighted by Crippen LogP contribution is 2.33. The van der Waals surface area contributed by atoms with Crippen LogP contribution in [-0.2, 0) is 14.4 Å². The van der Waals surface area contributed by atoms with E-state index in [0.717, 1.165) is 82.8 Å². The molecule has 2 saturated heterocycles. The van der Waals surface area contributed by atoms with Crippen molar-refractivity contribution in [3.63, 3.8) is 0 Å². The first-order chi connectivity index (χ1) is 21.9. The summed E-state index contributed by atoms with van der Waals surface area (Å²) in [7, 11) is 0. The van der Waals surface area contributed by atoms with Gasteiger partial charge in [0.15, 0.2) is 5.78 Å². The molecule has 5 N–H and O–H groups in total. The molecule has 3 rings (SSSR count). The number of aliphatic hydroxyl groups excluding tert-OH is 1. The molecule has 2 aliphatic heterocycles.